The monoisotopic (exact) mass is 406 g/mol. The summed E-state index contributed by atoms with van der Waals surface area (Å²) in [6.07, 6.45) is 0.551. The fourth-order valence-electron chi connectivity index (χ4n) is 2.66. The van der Waals surface area contributed by atoms with Crippen molar-refractivity contribution in [1.29, 1.82) is 0 Å². The third kappa shape index (κ3) is 4.18. The number of hydrogen-bond acceptors (Lipinski definition) is 5. The van der Waals surface area contributed by atoms with E-state index >= 15 is 0 Å². The van der Waals surface area contributed by atoms with Gasteiger partial charge in [-0.3, -0.25) is 10.1 Å². The van der Waals surface area contributed by atoms with Gasteiger partial charge in [-0.2, -0.15) is 5.01 Å². The summed E-state index contributed by atoms with van der Waals surface area (Å²) in [5, 5.41) is 2.31. The van der Waals surface area contributed by atoms with Gasteiger partial charge in [0.25, 0.3) is 0 Å². The fourth-order valence-corrected chi connectivity index (χ4v) is 2.84. The van der Waals surface area contributed by atoms with Crippen LogP contribution >= 0.6 is 11.6 Å². The third-order valence-corrected chi connectivity index (χ3v) is 4.15. The fraction of sp³-hybridized carbons (Fsp3) is 0.316. The first-order valence-electron chi connectivity index (χ1n) is 8.67. The van der Waals surface area contributed by atoms with E-state index < -0.39 is 23.0 Å². The van der Waals surface area contributed by atoms with Crippen molar-refractivity contribution in [1.82, 2.24) is 4.68 Å². The lowest BCUT2D eigenvalue weighted by Gasteiger charge is -2.31. The van der Waals surface area contributed by atoms with E-state index in [0.29, 0.717) is 0 Å². The highest BCUT2D eigenvalue weighted by molar-refractivity contribution is 6.30. The minimum Gasteiger partial charge on any atom is -0.482 e. The summed E-state index contributed by atoms with van der Waals surface area (Å²) in [7, 11) is 0. The molecule has 0 unspecified atom stereocenters. The van der Waals surface area contributed by atoms with Crippen LogP contribution in [0.1, 0.15) is 36.8 Å². The van der Waals surface area contributed by atoms with Gasteiger partial charge in [-0.1, -0.05) is 41.9 Å². The Hall–Kier alpha value is -2.84. The molecule has 0 fully saturated rings. The van der Waals surface area contributed by atoms with Crippen LogP contribution in [0.15, 0.2) is 41.3 Å². The number of primary amides is 1. The molecule has 0 bridgehead atoms. The Bertz CT molecular complexity index is 966. The molecule has 0 spiro atoms. The summed E-state index contributed by atoms with van der Waals surface area (Å²) in [4.78, 5) is 37.6. The Morgan fingerprint density at radius 2 is 1.89 bits per heavy atom. The second-order valence-electron chi connectivity index (χ2n) is 7.23. The molecule has 28 heavy (non-hydrogen) atoms. The zero-order valence-electron chi connectivity index (χ0n) is 15.8. The number of carbonyl (C=O) groups is 2. The van der Waals surface area contributed by atoms with Gasteiger partial charge in [0.05, 0.1) is 6.20 Å². The van der Waals surface area contributed by atoms with Gasteiger partial charge in [-0.25, -0.2) is 14.3 Å². The van der Waals surface area contributed by atoms with Crippen molar-refractivity contribution in [3.8, 4) is 5.75 Å². The minimum absolute atomic E-state index is 0.0158. The topological polar surface area (TPSA) is 94.5 Å². The van der Waals surface area contributed by atoms with Gasteiger partial charge in [0.1, 0.15) is 17.2 Å². The van der Waals surface area contributed by atoms with Crippen LogP contribution in [0.2, 0.25) is 5.02 Å². The number of quaternary nitrogens is 1. The van der Waals surface area contributed by atoms with Crippen molar-refractivity contribution in [3.05, 3.63) is 63.0 Å². The standard InChI is InChI=1S/C19H20ClN3O5/c1-19(2,3)28-18(26)23-11-21-17(25)14-16(15(24)13(20)9-22(14)23)27-10-12-7-5-4-6-8-12/h4-9H,10-11H2,1-3H3,(H,21,25)/p+1. The number of pyridine rings is 1. The van der Waals surface area contributed by atoms with Crippen LogP contribution in [0.3, 0.4) is 0 Å². The van der Waals surface area contributed by atoms with Gasteiger partial charge < -0.3 is 9.47 Å². The Kier molecular flexibility index (Phi) is 5.44. The Balaban J connectivity index is 2.01. The average Bonchev–Trinajstić information content (AvgIpc) is 2.62. The Labute approximate surface area is 166 Å². The molecule has 0 atom stereocenters. The summed E-state index contributed by atoms with van der Waals surface area (Å²) in [5.41, 5.74) is -0.593. The van der Waals surface area contributed by atoms with Crippen molar-refractivity contribution in [2.24, 2.45) is 0 Å². The molecule has 9 heteroatoms. The molecular weight excluding hydrogens is 386 g/mol. The van der Waals surface area contributed by atoms with Gasteiger partial charge in [-0.05, 0) is 26.3 Å². The van der Waals surface area contributed by atoms with Crippen LogP contribution < -0.4 is 20.5 Å². The first-order valence-corrected chi connectivity index (χ1v) is 9.05. The first-order chi connectivity index (χ1) is 13.2. The molecule has 1 aliphatic rings. The molecule has 0 aliphatic carbocycles. The van der Waals surface area contributed by atoms with Crippen LogP contribution in [-0.4, -0.2) is 28.9 Å². The van der Waals surface area contributed by atoms with Gasteiger partial charge in [0, 0.05) is 0 Å². The number of halogens is 1. The van der Waals surface area contributed by atoms with Crippen LogP contribution in [0, 0.1) is 0 Å². The van der Waals surface area contributed by atoms with E-state index in [4.69, 9.17) is 21.1 Å². The maximum Gasteiger partial charge on any atom is 0.434 e. The maximum absolute atomic E-state index is 12.6. The quantitative estimate of drug-likeness (QED) is 0.836. The lowest BCUT2D eigenvalue weighted by atomic mass is 10.2. The van der Waals surface area contributed by atoms with Gasteiger partial charge in [-0.15, -0.1) is 0 Å². The van der Waals surface area contributed by atoms with Crippen molar-refractivity contribution < 1.29 is 24.4 Å². The third-order valence-electron chi connectivity index (χ3n) is 3.88. The van der Waals surface area contributed by atoms with E-state index in [1.165, 1.54) is 21.2 Å². The lowest BCUT2D eigenvalue weighted by molar-refractivity contribution is -0.559. The second-order valence-corrected chi connectivity index (χ2v) is 7.64. The number of nitrogens with two attached hydrogens (primary N) is 1. The summed E-state index contributed by atoms with van der Waals surface area (Å²) >= 11 is 6.07. The number of nitrogens with zero attached hydrogens (tertiary/aromatic N) is 2. The lowest BCUT2D eigenvalue weighted by Crippen LogP contribution is -2.94. The highest BCUT2D eigenvalue weighted by Crippen LogP contribution is 2.21. The van der Waals surface area contributed by atoms with E-state index in [1.54, 1.807) is 20.8 Å². The summed E-state index contributed by atoms with van der Waals surface area (Å²) in [6.45, 7) is 5.26. The highest BCUT2D eigenvalue weighted by atomic mass is 35.5. The van der Waals surface area contributed by atoms with Gasteiger partial charge in [0.2, 0.25) is 16.9 Å². The maximum atomic E-state index is 12.6. The van der Waals surface area contributed by atoms with E-state index in [0.717, 1.165) is 5.56 Å². The highest BCUT2D eigenvalue weighted by Gasteiger charge is 2.37. The number of aromatic nitrogens is 1. The van der Waals surface area contributed by atoms with E-state index in [2.05, 4.69) is 0 Å². The SMILES string of the molecule is CC(C)(C)OC(=O)N1C[NH2+]C(=O)c2c(OCc3ccccc3)c(=O)c(Cl)cn21. The molecule has 2 amide bonds. The zero-order chi connectivity index (χ0) is 20.5. The molecule has 0 radical (unpaired) electrons. The Morgan fingerprint density at radius 3 is 2.54 bits per heavy atom. The number of hydrogen-bond donors (Lipinski definition) is 1. The summed E-state index contributed by atoms with van der Waals surface area (Å²) in [5.74, 6) is -0.637. The van der Waals surface area contributed by atoms with E-state index in [1.807, 2.05) is 30.3 Å². The number of carbonyl (C=O) groups excluding carboxylic acids is 2. The molecule has 3 rings (SSSR count). The molecule has 2 aromatic rings. The summed E-state index contributed by atoms with van der Waals surface area (Å²) in [6, 6.07) is 9.19. The second kappa shape index (κ2) is 7.65. The van der Waals surface area contributed by atoms with Crippen molar-refractivity contribution in [2.75, 3.05) is 11.7 Å². The minimum atomic E-state index is -0.728. The molecule has 2 heterocycles. The number of benzene rings is 1. The largest absolute Gasteiger partial charge is 0.482 e. The van der Waals surface area contributed by atoms with E-state index in [9.17, 15) is 14.4 Å². The number of ether oxygens (including phenoxy) is 2. The van der Waals surface area contributed by atoms with Crippen LogP contribution in [-0.2, 0) is 11.3 Å². The van der Waals surface area contributed by atoms with Crippen LogP contribution in [0.5, 0.6) is 5.75 Å². The average molecular weight is 407 g/mol. The van der Waals surface area contributed by atoms with Crippen molar-refractivity contribution in [2.45, 2.75) is 33.0 Å². The smallest absolute Gasteiger partial charge is 0.434 e. The van der Waals surface area contributed by atoms with Crippen LogP contribution in [0.25, 0.3) is 0 Å². The van der Waals surface area contributed by atoms with E-state index in [-0.39, 0.29) is 29.7 Å². The van der Waals surface area contributed by atoms with Gasteiger partial charge in [0.15, 0.2) is 6.67 Å². The van der Waals surface area contributed by atoms with Gasteiger partial charge >= 0.3 is 12.0 Å². The molecule has 1 aromatic heterocycles. The molecule has 8 nitrogen and oxygen atoms in total. The summed E-state index contributed by atoms with van der Waals surface area (Å²) < 4.78 is 12.3. The zero-order valence-corrected chi connectivity index (χ0v) is 16.5. The molecular formula is C19H21ClN3O5+. The molecule has 0 saturated heterocycles. The Morgan fingerprint density at radius 1 is 1.21 bits per heavy atom. The predicted molar refractivity (Wildman–Crippen MR) is 102 cm³/mol. The molecule has 2 N–H and O–H groups in total. The molecule has 1 aromatic carbocycles. The van der Waals surface area contributed by atoms with Crippen molar-refractivity contribution in [3.63, 3.8) is 0 Å². The molecule has 1 aliphatic heterocycles. The van der Waals surface area contributed by atoms with Crippen molar-refractivity contribution >= 4 is 23.6 Å². The number of rotatable bonds is 3. The molecule has 148 valence electrons. The number of fused-ring (bicyclic) bond motifs is 1. The predicted octanol–water partition coefficient (Wildman–Crippen LogP) is 1.63. The first kappa shape index (κ1) is 19.9. The molecule has 0 saturated carbocycles. The normalized spacial score (nSPS) is 13.9. The number of amides is 2. The van der Waals surface area contributed by atoms with Crippen LogP contribution in [0.4, 0.5) is 4.79 Å².